The van der Waals surface area contributed by atoms with Crippen LogP contribution in [0.25, 0.3) is 0 Å². The van der Waals surface area contributed by atoms with Gasteiger partial charge in [-0.25, -0.2) is 9.97 Å². The fraction of sp³-hybridized carbons (Fsp3) is 0.333. The van der Waals surface area contributed by atoms with Gasteiger partial charge in [0.1, 0.15) is 0 Å². The minimum absolute atomic E-state index is 0.00597. The molecule has 0 fully saturated rings. The van der Waals surface area contributed by atoms with E-state index in [0.29, 0.717) is 5.16 Å². The Balaban J connectivity index is 2.23. The fourth-order valence-corrected chi connectivity index (χ4v) is 2.77. The highest BCUT2D eigenvalue weighted by atomic mass is 35.5. The molecule has 8 heteroatoms. The van der Waals surface area contributed by atoms with Gasteiger partial charge in [0.05, 0.1) is 29.8 Å². The number of benzene rings is 1. The van der Waals surface area contributed by atoms with Crippen LogP contribution >= 0.6 is 23.4 Å². The van der Waals surface area contributed by atoms with Crippen LogP contribution in [-0.2, 0) is 9.53 Å². The Labute approximate surface area is 161 Å². The number of carbonyl (C=O) groups is 2. The first-order valence-corrected chi connectivity index (χ1v) is 9.62. The van der Waals surface area contributed by atoms with Crippen molar-refractivity contribution in [2.24, 2.45) is 0 Å². The van der Waals surface area contributed by atoms with Gasteiger partial charge in [0.25, 0.3) is 5.91 Å². The summed E-state index contributed by atoms with van der Waals surface area (Å²) in [7, 11) is 0. The van der Waals surface area contributed by atoms with Gasteiger partial charge in [0, 0.05) is 0 Å². The maximum atomic E-state index is 12.7. The second-order valence-electron chi connectivity index (χ2n) is 5.73. The number of thioether (sulfide) groups is 1. The smallest absolute Gasteiger partial charge is 0.308 e. The zero-order chi connectivity index (χ0) is 19.1. The number of amides is 1. The summed E-state index contributed by atoms with van der Waals surface area (Å²) in [6, 6.07) is 8.65. The molecule has 0 spiro atoms. The Bertz CT molecular complexity index is 772. The predicted octanol–water partition coefficient (Wildman–Crippen LogP) is 3.66. The Morgan fingerprint density at radius 3 is 2.58 bits per heavy atom. The molecule has 0 bridgehead atoms. The number of nitrogens with one attached hydrogen (secondary N) is 1. The number of esters is 1. The van der Waals surface area contributed by atoms with Crippen LogP contribution in [0.1, 0.15) is 42.4 Å². The molecule has 0 radical (unpaired) electrons. The van der Waals surface area contributed by atoms with Crippen LogP contribution in [0.15, 0.2) is 41.7 Å². The molecule has 1 amide bonds. The number of carbonyl (C=O) groups excluding carboxylic acids is 2. The predicted molar refractivity (Wildman–Crippen MR) is 101 cm³/mol. The Hall–Kier alpha value is -2.12. The van der Waals surface area contributed by atoms with Gasteiger partial charge in [0.15, 0.2) is 10.9 Å². The molecule has 2 aromatic rings. The average Bonchev–Trinajstić information content (AvgIpc) is 2.61. The zero-order valence-corrected chi connectivity index (χ0v) is 16.3. The molecule has 0 aliphatic carbocycles. The molecule has 0 saturated carbocycles. The van der Waals surface area contributed by atoms with Crippen molar-refractivity contribution in [2.45, 2.75) is 37.6 Å². The largest absolute Gasteiger partial charge is 0.463 e. The van der Waals surface area contributed by atoms with Gasteiger partial charge in [-0.05, 0) is 25.7 Å². The van der Waals surface area contributed by atoms with E-state index in [0.717, 1.165) is 5.56 Å². The molecular formula is C18H20ClN3O3S. The van der Waals surface area contributed by atoms with Crippen molar-refractivity contribution in [2.75, 3.05) is 6.26 Å². The van der Waals surface area contributed by atoms with E-state index in [2.05, 4.69) is 15.3 Å². The lowest BCUT2D eigenvalue weighted by atomic mass is 10.0. The minimum atomic E-state index is -0.557. The third-order valence-corrected chi connectivity index (χ3v) is 4.20. The van der Waals surface area contributed by atoms with Gasteiger partial charge >= 0.3 is 5.97 Å². The van der Waals surface area contributed by atoms with Gasteiger partial charge < -0.3 is 10.1 Å². The minimum Gasteiger partial charge on any atom is -0.463 e. The number of aromatic nitrogens is 2. The van der Waals surface area contributed by atoms with Gasteiger partial charge in [-0.15, -0.1) is 0 Å². The first-order chi connectivity index (χ1) is 12.4. The molecule has 6 nitrogen and oxygen atoms in total. The molecule has 1 aromatic heterocycles. The first kappa shape index (κ1) is 20.2. The standard InChI is InChI=1S/C18H20ClN3O3S/c1-11(2)25-15(23)9-14(12-7-5-4-6-8-12)21-17(24)16-13(19)10-20-18(22-16)26-3/h4-8,10-11,14H,9H2,1-3H3,(H,21,24). The molecule has 0 aliphatic rings. The third-order valence-electron chi connectivity index (χ3n) is 3.36. The summed E-state index contributed by atoms with van der Waals surface area (Å²) in [6.07, 6.45) is 2.97. The molecule has 138 valence electrons. The highest BCUT2D eigenvalue weighted by Gasteiger charge is 2.23. The van der Waals surface area contributed by atoms with Crippen molar-refractivity contribution in [1.82, 2.24) is 15.3 Å². The number of hydrogen-bond donors (Lipinski definition) is 1. The van der Waals surface area contributed by atoms with E-state index in [1.54, 1.807) is 20.1 Å². The zero-order valence-electron chi connectivity index (χ0n) is 14.7. The molecule has 26 heavy (non-hydrogen) atoms. The van der Waals surface area contributed by atoms with Crippen molar-refractivity contribution < 1.29 is 14.3 Å². The fourth-order valence-electron chi connectivity index (χ4n) is 2.25. The number of hydrogen-bond acceptors (Lipinski definition) is 6. The van der Waals surface area contributed by atoms with Crippen LogP contribution in [0.5, 0.6) is 0 Å². The van der Waals surface area contributed by atoms with Crippen LogP contribution in [0.3, 0.4) is 0 Å². The van der Waals surface area contributed by atoms with Crippen molar-refractivity contribution in [3.8, 4) is 0 Å². The molecular weight excluding hydrogens is 374 g/mol. The summed E-state index contributed by atoms with van der Waals surface area (Å²) < 4.78 is 5.20. The molecule has 1 N–H and O–H groups in total. The number of ether oxygens (including phenoxy) is 1. The number of nitrogens with zero attached hydrogens (tertiary/aromatic N) is 2. The van der Waals surface area contributed by atoms with Gasteiger partial charge in [-0.3, -0.25) is 9.59 Å². The maximum Gasteiger partial charge on any atom is 0.308 e. The van der Waals surface area contributed by atoms with Gasteiger partial charge in [-0.1, -0.05) is 53.7 Å². The van der Waals surface area contributed by atoms with Crippen LogP contribution in [-0.4, -0.2) is 34.2 Å². The second kappa shape index (κ2) is 9.54. The Morgan fingerprint density at radius 1 is 1.27 bits per heavy atom. The summed E-state index contributed by atoms with van der Waals surface area (Å²) in [5, 5.41) is 3.41. The first-order valence-electron chi connectivity index (χ1n) is 8.02. The van der Waals surface area contributed by atoms with E-state index in [4.69, 9.17) is 16.3 Å². The summed E-state index contributed by atoms with van der Waals surface area (Å²) >= 11 is 7.37. The van der Waals surface area contributed by atoms with Gasteiger partial charge in [-0.2, -0.15) is 0 Å². The highest BCUT2D eigenvalue weighted by molar-refractivity contribution is 7.98. The molecule has 0 saturated heterocycles. The van der Waals surface area contributed by atoms with Crippen LogP contribution in [0.2, 0.25) is 5.02 Å². The van der Waals surface area contributed by atoms with E-state index < -0.39 is 17.9 Å². The lowest BCUT2D eigenvalue weighted by Gasteiger charge is -2.19. The van der Waals surface area contributed by atoms with E-state index in [-0.39, 0.29) is 23.2 Å². The molecule has 1 aromatic carbocycles. The van der Waals surface area contributed by atoms with E-state index >= 15 is 0 Å². The molecule has 2 rings (SSSR count). The SMILES string of the molecule is CSc1ncc(Cl)c(C(=O)NC(CC(=O)OC(C)C)c2ccccc2)n1. The van der Waals surface area contributed by atoms with Crippen molar-refractivity contribution in [3.63, 3.8) is 0 Å². The lowest BCUT2D eigenvalue weighted by molar-refractivity contribution is -0.147. The van der Waals surface area contributed by atoms with Crippen molar-refractivity contribution in [3.05, 3.63) is 52.8 Å². The molecule has 0 aliphatic heterocycles. The second-order valence-corrected chi connectivity index (χ2v) is 6.91. The molecule has 1 unspecified atom stereocenters. The quantitative estimate of drug-likeness (QED) is 0.439. The molecule has 1 heterocycles. The Kier molecular flexibility index (Phi) is 7.41. The molecule has 1 atom stereocenters. The van der Waals surface area contributed by atoms with Crippen LogP contribution < -0.4 is 5.32 Å². The normalized spacial score (nSPS) is 11.9. The summed E-state index contributed by atoms with van der Waals surface area (Å²) in [6.45, 7) is 3.55. The van der Waals surface area contributed by atoms with E-state index in [1.165, 1.54) is 18.0 Å². The maximum absolute atomic E-state index is 12.7. The van der Waals surface area contributed by atoms with E-state index in [9.17, 15) is 9.59 Å². The summed E-state index contributed by atoms with van der Waals surface area (Å²) in [5.74, 6) is -0.869. The van der Waals surface area contributed by atoms with E-state index in [1.807, 2.05) is 30.3 Å². The summed E-state index contributed by atoms with van der Waals surface area (Å²) in [5.41, 5.74) is 0.862. The number of rotatable bonds is 7. The summed E-state index contributed by atoms with van der Waals surface area (Å²) in [4.78, 5) is 32.9. The average molecular weight is 394 g/mol. The number of halogens is 1. The van der Waals surface area contributed by atoms with Crippen LogP contribution in [0.4, 0.5) is 0 Å². The van der Waals surface area contributed by atoms with Crippen molar-refractivity contribution >= 4 is 35.2 Å². The third kappa shape index (κ3) is 5.71. The highest BCUT2D eigenvalue weighted by Crippen LogP contribution is 2.21. The van der Waals surface area contributed by atoms with Crippen molar-refractivity contribution in [1.29, 1.82) is 0 Å². The Morgan fingerprint density at radius 2 is 1.96 bits per heavy atom. The monoisotopic (exact) mass is 393 g/mol. The topological polar surface area (TPSA) is 81.2 Å². The van der Waals surface area contributed by atoms with Gasteiger partial charge in [0.2, 0.25) is 0 Å². The lowest BCUT2D eigenvalue weighted by Crippen LogP contribution is -2.32. The van der Waals surface area contributed by atoms with Crippen LogP contribution in [0, 0.1) is 0 Å².